The fourth-order valence-corrected chi connectivity index (χ4v) is 1.81. The summed E-state index contributed by atoms with van der Waals surface area (Å²) in [7, 11) is 3.59. The second kappa shape index (κ2) is 5.84. The van der Waals surface area contributed by atoms with Crippen LogP contribution in [-0.4, -0.2) is 23.9 Å². The largest absolute Gasteiger partial charge is 0.377 e. The molecule has 0 saturated carbocycles. The molecule has 0 aromatic carbocycles. The lowest BCUT2D eigenvalue weighted by molar-refractivity contribution is 0.155. The zero-order valence-corrected chi connectivity index (χ0v) is 11.0. The Kier molecular flexibility index (Phi) is 4.17. The molecule has 98 valence electrons. The zero-order valence-electron chi connectivity index (χ0n) is 11.0. The summed E-state index contributed by atoms with van der Waals surface area (Å²) in [6, 6.07) is 4.38. The molecule has 0 radical (unpaired) electrons. The number of rotatable bonds is 6. The molecule has 5 nitrogen and oxygen atoms in total. The average molecular weight is 249 g/mol. The number of nitrogens with zero attached hydrogens (tertiary/aromatic N) is 2. The number of hydrogen-bond acceptors (Lipinski definition) is 4. The monoisotopic (exact) mass is 249 g/mol. The van der Waals surface area contributed by atoms with Crippen LogP contribution >= 0.6 is 0 Å². The number of methoxy groups -OCH3 is 1. The number of hydrogen-bond donors (Lipinski definition) is 1. The molecule has 0 bridgehead atoms. The minimum Gasteiger partial charge on any atom is -0.377 e. The second-order valence-corrected chi connectivity index (χ2v) is 4.35. The van der Waals surface area contributed by atoms with E-state index in [2.05, 4.69) is 34.2 Å². The van der Waals surface area contributed by atoms with Gasteiger partial charge in [0.25, 0.3) is 0 Å². The van der Waals surface area contributed by atoms with E-state index in [1.54, 1.807) is 7.11 Å². The molecule has 2 aromatic rings. The normalized spacial score (nSPS) is 12.8. The van der Waals surface area contributed by atoms with E-state index in [4.69, 9.17) is 9.26 Å². The van der Waals surface area contributed by atoms with Gasteiger partial charge in [0.05, 0.1) is 6.54 Å². The highest BCUT2D eigenvalue weighted by atomic mass is 16.5. The summed E-state index contributed by atoms with van der Waals surface area (Å²) in [5.74, 6) is 0.753. The molecule has 2 rings (SSSR count). The lowest BCUT2D eigenvalue weighted by Crippen LogP contribution is -2.11. The summed E-state index contributed by atoms with van der Waals surface area (Å²) in [6.07, 6.45) is 4.17. The molecule has 2 aromatic heterocycles. The maximum Gasteiger partial charge on any atom is 0.162 e. The van der Waals surface area contributed by atoms with Gasteiger partial charge in [0.2, 0.25) is 0 Å². The van der Waals surface area contributed by atoms with Crippen LogP contribution in [0.4, 0.5) is 0 Å². The summed E-state index contributed by atoms with van der Waals surface area (Å²) in [4.78, 5) is 0. The third-order valence-electron chi connectivity index (χ3n) is 2.95. The summed E-state index contributed by atoms with van der Waals surface area (Å²) in [5, 5.41) is 7.23. The Bertz CT molecular complexity index is 490. The molecule has 0 amide bonds. The number of nitrogens with one attached hydrogen (secondary N) is 1. The van der Waals surface area contributed by atoms with E-state index < -0.39 is 0 Å². The zero-order chi connectivity index (χ0) is 13.0. The van der Waals surface area contributed by atoms with E-state index in [0.29, 0.717) is 19.2 Å². The Balaban J connectivity index is 2.01. The van der Waals surface area contributed by atoms with Gasteiger partial charge in [-0.1, -0.05) is 5.16 Å². The van der Waals surface area contributed by atoms with Gasteiger partial charge in [-0.15, -0.1) is 0 Å². The van der Waals surface area contributed by atoms with E-state index in [0.717, 1.165) is 11.5 Å². The minimum absolute atomic E-state index is 0.354. The average Bonchev–Trinajstić information content (AvgIpc) is 2.99. The SMILES string of the molecule is CNC(C)c1ccn(Cc2cc(COC)on2)c1. The Morgan fingerprint density at radius 3 is 3.11 bits per heavy atom. The van der Waals surface area contributed by atoms with Crippen LogP contribution in [0.3, 0.4) is 0 Å². The van der Waals surface area contributed by atoms with Crippen LogP contribution in [0.15, 0.2) is 29.0 Å². The smallest absolute Gasteiger partial charge is 0.162 e. The number of aromatic nitrogens is 2. The van der Waals surface area contributed by atoms with E-state index >= 15 is 0 Å². The van der Waals surface area contributed by atoms with Crippen molar-refractivity contribution in [2.45, 2.75) is 26.1 Å². The van der Waals surface area contributed by atoms with Crippen LogP contribution in [0.5, 0.6) is 0 Å². The molecular formula is C13H19N3O2. The van der Waals surface area contributed by atoms with Crippen molar-refractivity contribution in [2.75, 3.05) is 14.2 Å². The first-order chi connectivity index (χ1) is 8.72. The molecule has 0 saturated heterocycles. The van der Waals surface area contributed by atoms with Gasteiger partial charge < -0.3 is 19.1 Å². The molecule has 2 heterocycles. The molecule has 0 aliphatic heterocycles. The fourth-order valence-electron chi connectivity index (χ4n) is 1.81. The highest BCUT2D eigenvalue weighted by Crippen LogP contribution is 2.13. The highest BCUT2D eigenvalue weighted by molar-refractivity contribution is 5.16. The van der Waals surface area contributed by atoms with Crippen molar-refractivity contribution in [3.05, 3.63) is 41.5 Å². The number of ether oxygens (including phenoxy) is 1. The molecule has 0 fully saturated rings. The van der Waals surface area contributed by atoms with Crippen molar-refractivity contribution in [3.63, 3.8) is 0 Å². The Labute approximate surface area is 107 Å². The maximum absolute atomic E-state index is 5.15. The first kappa shape index (κ1) is 12.9. The van der Waals surface area contributed by atoms with Gasteiger partial charge in [-0.25, -0.2) is 0 Å². The molecule has 0 spiro atoms. The van der Waals surface area contributed by atoms with Crippen LogP contribution in [0.2, 0.25) is 0 Å². The van der Waals surface area contributed by atoms with Gasteiger partial charge >= 0.3 is 0 Å². The lowest BCUT2D eigenvalue weighted by atomic mass is 10.2. The third-order valence-corrected chi connectivity index (χ3v) is 2.95. The van der Waals surface area contributed by atoms with Gasteiger partial charge in [0.1, 0.15) is 12.3 Å². The van der Waals surface area contributed by atoms with Crippen LogP contribution in [0.25, 0.3) is 0 Å². The van der Waals surface area contributed by atoms with Crippen molar-refractivity contribution in [3.8, 4) is 0 Å². The molecule has 0 aliphatic carbocycles. The molecular weight excluding hydrogens is 230 g/mol. The van der Waals surface area contributed by atoms with Crippen LogP contribution in [0, 0.1) is 0 Å². The topological polar surface area (TPSA) is 52.2 Å². The quantitative estimate of drug-likeness (QED) is 0.850. The molecule has 5 heteroatoms. The van der Waals surface area contributed by atoms with Gasteiger partial charge in [-0.2, -0.15) is 0 Å². The molecule has 18 heavy (non-hydrogen) atoms. The predicted octanol–water partition coefficient (Wildman–Crippen LogP) is 1.95. The van der Waals surface area contributed by atoms with Gasteiger partial charge in [0, 0.05) is 31.6 Å². The van der Waals surface area contributed by atoms with Crippen molar-refractivity contribution >= 4 is 0 Å². The van der Waals surface area contributed by atoms with Crippen molar-refractivity contribution in [1.29, 1.82) is 0 Å². The maximum atomic E-state index is 5.15. The summed E-state index contributed by atoms with van der Waals surface area (Å²) >= 11 is 0. The summed E-state index contributed by atoms with van der Waals surface area (Å²) < 4.78 is 12.2. The van der Waals surface area contributed by atoms with Crippen molar-refractivity contribution < 1.29 is 9.26 Å². The lowest BCUT2D eigenvalue weighted by Gasteiger charge is -2.06. The molecule has 0 aliphatic rings. The molecule has 1 atom stereocenters. The van der Waals surface area contributed by atoms with Crippen molar-refractivity contribution in [2.24, 2.45) is 0 Å². The van der Waals surface area contributed by atoms with Crippen molar-refractivity contribution in [1.82, 2.24) is 15.0 Å². The summed E-state index contributed by atoms with van der Waals surface area (Å²) in [5.41, 5.74) is 2.17. The molecule has 1 N–H and O–H groups in total. The minimum atomic E-state index is 0.354. The van der Waals surface area contributed by atoms with E-state index in [-0.39, 0.29) is 0 Å². The summed E-state index contributed by atoms with van der Waals surface area (Å²) in [6.45, 7) is 3.30. The second-order valence-electron chi connectivity index (χ2n) is 4.35. The Morgan fingerprint density at radius 2 is 2.39 bits per heavy atom. The van der Waals surface area contributed by atoms with Crippen LogP contribution < -0.4 is 5.32 Å². The Hall–Kier alpha value is -1.59. The van der Waals surface area contributed by atoms with Gasteiger partial charge in [-0.05, 0) is 25.6 Å². The standard InChI is InChI=1S/C13H19N3O2/c1-10(14-2)11-4-5-16(7-11)8-12-6-13(9-17-3)18-15-12/h4-7,10,14H,8-9H2,1-3H3. The van der Waals surface area contributed by atoms with E-state index in [1.807, 2.05) is 19.3 Å². The fraction of sp³-hybridized carbons (Fsp3) is 0.462. The first-order valence-corrected chi connectivity index (χ1v) is 5.99. The Morgan fingerprint density at radius 1 is 1.56 bits per heavy atom. The third kappa shape index (κ3) is 3.00. The van der Waals surface area contributed by atoms with Crippen LogP contribution in [0.1, 0.15) is 30.0 Å². The van der Waals surface area contributed by atoms with Gasteiger partial charge in [-0.3, -0.25) is 0 Å². The molecule has 1 unspecified atom stereocenters. The van der Waals surface area contributed by atoms with E-state index in [1.165, 1.54) is 5.56 Å². The van der Waals surface area contributed by atoms with E-state index in [9.17, 15) is 0 Å². The predicted molar refractivity (Wildman–Crippen MR) is 68.2 cm³/mol. The first-order valence-electron chi connectivity index (χ1n) is 5.99. The van der Waals surface area contributed by atoms with Crippen LogP contribution in [-0.2, 0) is 17.9 Å². The van der Waals surface area contributed by atoms with Gasteiger partial charge in [0.15, 0.2) is 5.76 Å². The highest BCUT2D eigenvalue weighted by Gasteiger charge is 2.07.